The molecule has 0 atom stereocenters. The normalized spacial score (nSPS) is 19.7. The number of hydrogen-bond donors (Lipinski definition) is 4. The van der Waals surface area contributed by atoms with E-state index in [0.29, 0.717) is 11.5 Å². The van der Waals surface area contributed by atoms with Crippen LogP contribution in [0, 0.1) is 0 Å². The van der Waals surface area contributed by atoms with Crippen LogP contribution >= 0.6 is 0 Å². The van der Waals surface area contributed by atoms with Crippen molar-refractivity contribution in [2.75, 3.05) is 0 Å². The Morgan fingerprint density at radius 1 is 0.741 bits per heavy atom. The third kappa shape index (κ3) is 3.01. The van der Waals surface area contributed by atoms with Crippen LogP contribution in [0.1, 0.15) is 62.8 Å². The third-order valence-corrected chi connectivity index (χ3v) is 5.98. The fraction of sp³-hybridized carbons (Fsp3) is 0.409. The molecule has 4 N–H and O–H groups in total. The number of carbonyl (C=O) groups is 1. The molecule has 0 saturated carbocycles. The van der Waals surface area contributed by atoms with Crippen LogP contribution in [0.4, 0.5) is 4.79 Å². The number of rotatable bonds is 0. The molecule has 0 amide bonds. The van der Waals surface area contributed by atoms with Gasteiger partial charge in [-0.15, -0.1) is 0 Å². The van der Waals surface area contributed by atoms with Crippen LogP contribution in [0.15, 0.2) is 36.4 Å². The molecule has 5 heteroatoms. The van der Waals surface area contributed by atoms with Gasteiger partial charge in [-0.25, -0.2) is 4.79 Å². The van der Waals surface area contributed by atoms with Crippen LogP contribution in [-0.2, 0) is 16.2 Å². The maximum atomic E-state index is 10.1. The van der Waals surface area contributed by atoms with E-state index in [1.54, 1.807) is 12.1 Å². The standard InChI is InChI=1S/C21H24O2.CH2O3/c1-19(2)11-21(17-9-13(22)5-7-15(17)19)12-20(3,4)16-8-6-14(23)10-18(16)21;2-1(3)4/h5-10,22-23H,11-12H2,1-4H3;(H2,2,3,4). The van der Waals surface area contributed by atoms with Crippen LogP contribution in [0.5, 0.6) is 11.5 Å². The van der Waals surface area contributed by atoms with E-state index >= 15 is 0 Å². The highest BCUT2D eigenvalue weighted by atomic mass is 16.6. The Balaban J connectivity index is 0.000000481. The summed E-state index contributed by atoms with van der Waals surface area (Å²) >= 11 is 0. The molecule has 0 saturated heterocycles. The van der Waals surface area contributed by atoms with Gasteiger partial charge in [0.1, 0.15) is 11.5 Å². The minimum atomic E-state index is -1.83. The minimum Gasteiger partial charge on any atom is -0.508 e. The lowest BCUT2D eigenvalue weighted by atomic mass is 9.72. The van der Waals surface area contributed by atoms with Gasteiger partial charge in [0.25, 0.3) is 0 Å². The molecule has 1 spiro atoms. The Morgan fingerprint density at radius 3 is 1.41 bits per heavy atom. The molecule has 144 valence electrons. The predicted molar refractivity (Wildman–Crippen MR) is 103 cm³/mol. The third-order valence-electron chi connectivity index (χ3n) is 5.98. The molecule has 0 radical (unpaired) electrons. The topological polar surface area (TPSA) is 98.0 Å². The summed E-state index contributed by atoms with van der Waals surface area (Å²) in [5.41, 5.74) is 5.12. The quantitative estimate of drug-likeness (QED) is 0.525. The first kappa shape index (κ1) is 19.1. The molecule has 0 unspecified atom stereocenters. The summed E-state index contributed by atoms with van der Waals surface area (Å²) in [6.45, 7) is 9.13. The van der Waals surface area contributed by atoms with Gasteiger partial charge in [0.15, 0.2) is 0 Å². The lowest BCUT2D eigenvalue weighted by Gasteiger charge is -2.30. The van der Waals surface area contributed by atoms with Crippen molar-refractivity contribution in [1.29, 1.82) is 0 Å². The van der Waals surface area contributed by atoms with E-state index in [1.165, 1.54) is 22.3 Å². The first-order chi connectivity index (χ1) is 12.4. The second-order valence-corrected chi connectivity index (χ2v) is 8.95. The molecule has 0 bridgehead atoms. The largest absolute Gasteiger partial charge is 0.508 e. The molecule has 27 heavy (non-hydrogen) atoms. The molecule has 5 nitrogen and oxygen atoms in total. The van der Waals surface area contributed by atoms with Crippen LogP contribution in [-0.4, -0.2) is 26.6 Å². The lowest BCUT2D eigenvalue weighted by Crippen LogP contribution is -2.26. The molecule has 0 fully saturated rings. The van der Waals surface area contributed by atoms with Crippen LogP contribution in [0.2, 0.25) is 0 Å². The molecule has 0 heterocycles. The molecule has 2 aromatic carbocycles. The Bertz CT molecular complexity index is 837. The average molecular weight is 370 g/mol. The average Bonchev–Trinajstić information content (AvgIpc) is 2.86. The van der Waals surface area contributed by atoms with Gasteiger partial charge in [-0.1, -0.05) is 39.8 Å². The predicted octanol–water partition coefficient (Wildman–Crippen LogP) is 4.97. The summed E-state index contributed by atoms with van der Waals surface area (Å²) in [4.78, 5) is 8.56. The number of fused-ring (bicyclic) bond motifs is 4. The van der Waals surface area contributed by atoms with Gasteiger partial charge in [-0.3, -0.25) is 0 Å². The molecule has 2 aliphatic rings. The fourth-order valence-corrected chi connectivity index (χ4v) is 5.32. The van der Waals surface area contributed by atoms with Gasteiger partial charge < -0.3 is 20.4 Å². The van der Waals surface area contributed by atoms with Gasteiger partial charge >= 0.3 is 6.16 Å². The number of benzene rings is 2. The lowest BCUT2D eigenvalue weighted by molar-refractivity contribution is 0.137. The van der Waals surface area contributed by atoms with E-state index in [-0.39, 0.29) is 16.2 Å². The molecule has 0 aromatic heterocycles. The van der Waals surface area contributed by atoms with Crippen molar-refractivity contribution in [2.24, 2.45) is 0 Å². The van der Waals surface area contributed by atoms with Crippen molar-refractivity contribution in [3.05, 3.63) is 58.7 Å². The van der Waals surface area contributed by atoms with Crippen molar-refractivity contribution in [3.8, 4) is 11.5 Å². The van der Waals surface area contributed by atoms with Crippen LogP contribution in [0.25, 0.3) is 0 Å². The van der Waals surface area contributed by atoms with Crippen LogP contribution < -0.4 is 0 Å². The van der Waals surface area contributed by atoms with E-state index in [9.17, 15) is 10.2 Å². The molecule has 4 rings (SSSR count). The molecular formula is C22H26O5. The fourth-order valence-electron chi connectivity index (χ4n) is 5.32. The monoisotopic (exact) mass is 370 g/mol. The summed E-state index contributed by atoms with van der Waals surface area (Å²) < 4.78 is 0. The minimum absolute atomic E-state index is 0.0617. The Hall–Kier alpha value is -2.69. The number of phenols is 2. The zero-order chi connectivity index (χ0) is 20.2. The first-order valence-corrected chi connectivity index (χ1v) is 8.99. The number of carboxylic acid groups (broad SMARTS) is 2. The summed E-state index contributed by atoms with van der Waals surface area (Å²) in [7, 11) is 0. The Morgan fingerprint density at radius 2 is 1.07 bits per heavy atom. The molecular weight excluding hydrogens is 344 g/mol. The highest BCUT2D eigenvalue weighted by Crippen LogP contribution is 2.63. The maximum Gasteiger partial charge on any atom is 0.503 e. The van der Waals surface area contributed by atoms with Gasteiger partial charge in [-0.2, -0.15) is 0 Å². The van der Waals surface area contributed by atoms with Crippen molar-refractivity contribution in [3.63, 3.8) is 0 Å². The highest BCUT2D eigenvalue weighted by Gasteiger charge is 2.56. The molecule has 2 aliphatic carbocycles. The summed E-state index contributed by atoms with van der Waals surface area (Å²) in [5.74, 6) is 0.652. The van der Waals surface area contributed by atoms with E-state index < -0.39 is 6.16 Å². The number of phenolic OH excluding ortho intramolecular Hbond substituents is 2. The van der Waals surface area contributed by atoms with Gasteiger partial charge in [-0.05, 0) is 70.2 Å². The van der Waals surface area contributed by atoms with Crippen molar-refractivity contribution < 1.29 is 25.2 Å². The van der Waals surface area contributed by atoms with Gasteiger partial charge in [0.2, 0.25) is 0 Å². The van der Waals surface area contributed by atoms with E-state index in [2.05, 4.69) is 39.8 Å². The summed E-state index contributed by atoms with van der Waals surface area (Å²) in [6.07, 6.45) is 0.192. The Labute approximate surface area is 158 Å². The SMILES string of the molecule is CC1(C)CC2(CC(C)(C)c3ccc(O)cc32)c2cc(O)ccc21.O=C(O)O. The van der Waals surface area contributed by atoms with Crippen molar-refractivity contribution >= 4 is 6.16 Å². The highest BCUT2D eigenvalue weighted by molar-refractivity contribution is 5.61. The second kappa shape index (κ2) is 5.91. The van der Waals surface area contributed by atoms with E-state index in [1.807, 2.05) is 12.1 Å². The Kier molecular flexibility index (Phi) is 4.18. The second-order valence-electron chi connectivity index (χ2n) is 8.95. The summed E-state index contributed by atoms with van der Waals surface area (Å²) in [6, 6.07) is 11.6. The maximum absolute atomic E-state index is 10.1. The van der Waals surface area contributed by atoms with Gasteiger partial charge in [0, 0.05) is 5.41 Å². The number of hydrogen-bond acceptors (Lipinski definition) is 3. The molecule has 2 aromatic rings. The van der Waals surface area contributed by atoms with Crippen LogP contribution in [0.3, 0.4) is 0 Å². The zero-order valence-electron chi connectivity index (χ0n) is 16.1. The van der Waals surface area contributed by atoms with Gasteiger partial charge in [0.05, 0.1) is 0 Å². The smallest absolute Gasteiger partial charge is 0.503 e. The molecule has 0 aliphatic heterocycles. The number of aromatic hydroxyl groups is 2. The van der Waals surface area contributed by atoms with E-state index in [4.69, 9.17) is 15.0 Å². The van der Waals surface area contributed by atoms with E-state index in [0.717, 1.165) is 12.8 Å². The van der Waals surface area contributed by atoms with Crippen molar-refractivity contribution in [1.82, 2.24) is 0 Å². The zero-order valence-corrected chi connectivity index (χ0v) is 16.1. The first-order valence-electron chi connectivity index (χ1n) is 8.99. The van der Waals surface area contributed by atoms with Crippen molar-refractivity contribution in [2.45, 2.75) is 56.8 Å². The summed E-state index contributed by atoms with van der Waals surface area (Å²) in [5, 5.41) is 34.1.